The molecule has 0 aliphatic heterocycles. The molecule has 14 heavy (non-hydrogen) atoms. The van der Waals surface area contributed by atoms with E-state index in [1.165, 1.54) is 6.45 Å². The summed E-state index contributed by atoms with van der Waals surface area (Å²) in [5, 5.41) is 11.2. The van der Waals surface area contributed by atoms with Crippen LogP contribution in [0, 0.1) is 6.45 Å². The maximum Gasteiger partial charge on any atom is 0.369 e. The van der Waals surface area contributed by atoms with E-state index in [4.69, 9.17) is 5.11 Å². The molecular formula is C10H8BrIOS. The number of rotatable bonds is 2. The Kier molecular flexibility index (Phi) is 4.91. The third kappa shape index (κ3) is 3.25. The van der Waals surface area contributed by atoms with Crippen LogP contribution >= 0.6 is 11.3 Å². The number of halogens is 2. The Hall–Kier alpha value is -0.0700. The smallest absolute Gasteiger partial charge is 0.369 e. The second-order valence-corrected chi connectivity index (χ2v) is 7.11. The van der Waals surface area contributed by atoms with Crippen LogP contribution in [0.1, 0.15) is 0 Å². The molecular weight excluding hydrogens is 375 g/mol. The van der Waals surface area contributed by atoms with Gasteiger partial charge in [0.1, 0.15) is 5.75 Å². The number of benzene rings is 1. The van der Waals surface area contributed by atoms with Crippen LogP contribution in [0.2, 0.25) is 0 Å². The number of hydrogen-bond acceptors (Lipinski definition) is 2. The van der Waals surface area contributed by atoms with E-state index in [0.29, 0.717) is 5.75 Å². The Morgan fingerprint density at radius 2 is 1.79 bits per heavy atom. The fourth-order valence-corrected chi connectivity index (χ4v) is 4.55. The third-order valence-electron chi connectivity index (χ3n) is 1.52. The van der Waals surface area contributed by atoms with Crippen molar-refractivity contribution in [2.24, 2.45) is 0 Å². The van der Waals surface area contributed by atoms with Crippen LogP contribution in [0.15, 0.2) is 41.8 Å². The molecule has 74 valence electrons. The summed E-state index contributed by atoms with van der Waals surface area (Å²) in [5.41, 5.74) is 0. The second kappa shape index (κ2) is 5.72. The minimum Gasteiger partial charge on any atom is -1.00 e. The molecule has 0 unspecified atom stereocenters. The van der Waals surface area contributed by atoms with Crippen molar-refractivity contribution in [3.8, 4) is 5.75 Å². The van der Waals surface area contributed by atoms with Crippen molar-refractivity contribution in [2.75, 3.05) is 0 Å². The van der Waals surface area contributed by atoms with Crippen LogP contribution in [0.25, 0.3) is 0 Å². The van der Waals surface area contributed by atoms with Crippen molar-refractivity contribution in [2.45, 2.75) is 0 Å². The molecule has 0 bridgehead atoms. The lowest BCUT2D eigenvalue weighted by Crippen LogP contribution is -3.61. The van der Waals surface area contributed by atoms with Gasteiger partial charge < -0.3 is 22.1 Å². The number of phenolic OH excluding ortho intramolecular Hbond substituents is 1. The van der Waals surface area contributed by atoms with Gasteiger partial charge >= 0.3 is 21.2 Å². The third-order valence-corrected chi connectivity index (χ3v) is 5.68. The van der Waals surface area contributed by atoms with E-state index in [0.717, 1.165) is 0 Å². The number of hydrogen-bond donors (Lipinski definition) is 1. The highest BCUT2D eigenvalue weighted by molar-refractivity contribution is 7.07. The molecule has 0 aliphatic rings. The average Bonchev–Trinajstić information content (AvgIpc) is 2.62. The molecule has 1 N–H and O–H groups in total. The maximum atomic E-state index is 9.10. The van der Waals surface area contributed by atoms with E-state index < -0.39 is 0 Å². The predicted octanol–water partition coefficient (Wildman–Crippen LogP) is -3.41. The van der Waals surface area contributed by atoms with E-state index in [-0.39, 0.29) is 38.2 Å². The molecule has 0 aliphatic carbocycles. The molecule has 0 fully saturated rings. The quantitative estimate of drug-likeness (QED) is 0.536. The lowest BCUT2D eigenvalue weighted by atomic mass is 10.3. The highest BCUT2D eigenvalue weighted by Gasteiger charge is 2.15. The zero-order chi connectivity index (χ0) is 9.10. The fraction of sp³-hybridized carbons (Fsp3) is 0. The molecule has 1 aromatic heterocycles. The summed E-state index contributed by atoms with van der Waals surface area (Å²) < 4.78 is 2.81. The van der Waals surface area contributed by atoms with E-state index >= 15 is 0 Å². The first-order chi connectivity index (χ1) is 6.34. The van der Waals surface area contributed by atoms with Crippen LogP contribution < -0.4 is 38.2 Å². The minimum atomic E-state index is -0.0391. The number of thiophene rings is 1. The highest BCUT2D eigenvalue weighted by Crippen LogP contribution is 2.03. The van der Waals surface area contributed by atoms with Crippen molar-refractivity contribution in [3.05, 3.63) is 48.2 Å². The minimum absolute atomic E-state index is 0. The van der Waals surface area contributed by atoms with Gasteiger partial charge in [0.15, 0.2) is 3.57 Å². The number of aromatic hydroxyl groups is 1. The molecule has 2 rings (SSSR count). The summed E-state index contributed by atoms with van der Waals surface area (Å²) in [4.78, 5) is 0. The van der Waals surface area contributed by atoms with Gasteiger partial charge in [0.05, 0.1) is 0 Å². The van der Waals surface area contributed by atoms with Gasteiger partial charge in [-0.1, -0.05) is 11.3 Å². The Balaban J connectivity index is 0.000000980. The van der Waals surface area contributed by atoms with E-state index in [1.54, 1.807) is 12.1 Å². The molecule has 0 radical (unpaired) electrons. The lowest BCUT2D eigenvalue weighted by Gasteiger charge is -1.86. The van der Waals surface area contributed by atoms with Gasteiger partial charge in [-0.25, -0.2) is 0 Å². The van der Waals surface area contributed by atoms with E-state index in [1.807, 2.05) is 23.5 Å². The molecule has 0 amide bonds. The largest absolute Gasteiger partial charge is 1.00 e. The van der Waals surface area contributed by atoms with Gasteiger partial charge in [-0.05, 0) is 35.7 Å². The van der Waals surface area contributed by atoms with Crippen LogP contribution in [0.4, 0.5) is 0 Å². The van der Waals surface area contributed by atoms with Crippen LogP contribution in [-0.4, -0.2) is 5.11 Å². The number of phenols is 1. The van der Waals surface area contributed by atoms with Crippen LogP contribution in [0.3, 0.4) is 0 Å². The van der Waals surface area contributed by atoms with Crippen molar-refractivity contribution in [3.63, 3.8) is 0 Å². The van der Waals surface area contributed by atoms with Crippen molar-refractivity contribution < 1.29 is 43.3 Å². The van der Waals surface area contributed by atoms with Crippen LogP contribution in [-0.2, 0) is 0 Å². The SMILES string of the molecule is Oc1ccc([I+]c2cccs2)cc1.[Br-]. The summed E-state index contributed by atoms with van der Waals surface area (Å²) in [6.45, 7) is 0. The molecule has 1 aromatic carbocycles. The van der Waals surface area contributed by atoms with Crippen molar-refractivity contribution >= 4 is 11.3 Å². The monoisotopic (exact) mass is 382 g/mol. The summed E-state index contributed by atoms with van der Waals surface area (Å²) in [5.74, 6) is 0.346. The Labute approximate surface area is 108 Å². The van der Waals surface area contributed by atoms with Crippen molar-refractivity contribution in [1.29, 1.82) is 0 Å². The van der Waals surface area contributed by atoms with Crippen molar-refractivity contribution in [1.82, 2.24) is 0 Å². The predicted molar refractivity (Wildman–Crippen MR) is 49.8 cm³/mol. The molecule has 1 heterocycles. The highest BCUT2D eigenvalue weighted by atomic mass is 127. The molecule has 0 saturated heterocycles. The van der Waals surface area contributed by atoms with E-state index in [2.05, 4.69) is 17.5 Å². The summed E-state index contributed by atoms with van der Waals surface area (Å²) in [7, 11) is 0. The molecule has 0 atom stereocenters. The molecule has 4 heteroatoms. The van der Waals surface area contributed by atoms with Gasteiger partial charge in [0, 0.05) is 6.07 Å². The maximum absolute atomic E-state index is 9.10. The second-order valence-electron chi connectivity index (χ2n) is 2.49. The van der Waals surface area contributed by atoms with Crippen LogP contribution in [0.5, 0.6) is 5.75 Å². The van der Waals surface area contributed by atoms with E-state index in [9.17, 15) is 0 Å². The zero-order valence-electron chi connectivity index (χ0n) is 7.15. The Morgan fingerprint density at radius 1 is 1.07 bits per heavy atom. The van der Waals surface area contributed by atoms with Gasteiger partial charge in [-0.3, -0.25) is 0 Å². The Bertz CT molecular complexity index is 372. The first-order valence-electron chi connectivity index (χ1n) is 3.82. The molecule has 0 saturated carbocycles. The summed E-state index contributed by atoms with van der Waals surface area (Å²) in [6.07, 6.45) is 0. The van der Waals surface area contributed by atoms with Gasteiger partial charge in [-0.2, -0.15) is 0 Å². The topological polar surface area (TPSA) is 20.2 Å². The van der Waals surface area contributed by atoms with Gasteiger partial charge in [0.25, 0.3) is 0 Å². The lowest BCUT2D eigenvalue weighted by molar-refractivity contribution is -0.591. The molecule has 2 aromatic rings. The standard InChI is InChI=1S/C10H7IOS.BrH/c12-9-5-3-8(4-6-9)11-10-2-1-7-13-10;/h1-7H;1H. The van der Waals surface area contributed by atoms with Gasteiger partial charge in [0.2, 0.25) is 2.88 Å². The fourth-order valence-electron chi connectivity index (χ4n) is 0.924. The summed E-state index contributed by atoms with van der Waals surface area (Å²) >= 11 is 1.77. The Morgan fingerprint density at radius 3 is 2.36 bits per heavy atom. The first-order valence-corrected chi connectivity index (χ1v) is 6.86. The molecule has 1 nitrogen and oxygen atoms in total. The first kappa shape index (κ1) is 12.0. The molecule has 0 spiro atoms. The summed E-state index contributed by atoms with van der Waals surface area (Å²) in [6, 6.07) is 11.8. The average molecular weight is 383 g/mol. The zero-order valence-corrected chi connectivity index (χ0v) is 11.7. The normalized spacial score (nSPS) is 9.43. The van der Waals surface area contributed by atoms with Gasteiger partial charge in [-0.15, -0.1) is 0 Å².